The lowest BCUT2D eigenvalue weighted by Crippen LogP contribution is -2.46. The van der Waals surface area contributed by atoms with E-state index in [4.69, 9.17) is 9.05 Å². The van der Waals surface area contributed by atoms with Gasteiger partial charge in [0.05, 0.1) is 39.9 Å². The first kappa shape index (κ1) is 67.2. The van der Waals surface area contributed by atoms with Gasteiger partial charge in [-0.25, -0.2) is 4.57 Å². The van der Waals surface area contributed by atoms with Crippen LogP contribution in [0.15, 0.2) is 12.2 Å². The van der Waals surface area contributed by atoms with E-state index in [0.717, 1.165) is 38.5 Å². The van der Waals surface area contributed by atoms with E-state index in [1.165, 1.54) is 244 Å². The number of nitrogens with zero attached hydrogens (tertiary/aromatic N) is 1. The number of carbonyl (C=O) groups excluding carboxylic acids is 1. The van der Waals surface area contributed by atoms with Crippen molar-refractivity contribution in [2.75, 3.05) is 40.9 Å². The molecule has 0 saturated carbocycles. The van der Waals surface area contributed by atoms with Crippen LogP contribution in [0.2, 0.25) is 0 Å². The van der Waals surface area contributed by atoms with Crippen LogP contribution in [0.25, 0.3) is 0 Å². The van der Waals surface area contributed by atoms with Gasteiger partial charge >= 0.3 is 7.82 Å². The molecule has 0 rings (SSSR count). The first-order chi connectivity index (χ1) is 33.0. The fourth-order valence-corrected chi connectivity index (χ4v) is 10.0. The molecular weight excluding hydrogens is 864 g/mol. The molecule has 68 heavy (non-hydrogen) atoms. The summed E-state index contributed by atoms with van der Waals surface area (Å²) in [6.07, 6.45) is 63.0. The Bertz CT molecular complexity index is 1120. The van der Waals surface area contributed by atoms with Crippen LogP contribution in [0.1, 0.15) is 309 Å². The van der Waals surface area contributed by atoms with Crippen molar-refractivity contribution in [2.24, 2.45) is 0 Å². The highest BCUT2D eigenvalue weighted by Crippen LogP contribution is 2.43. The molecule has 0 saturated heterocycles. The Labute approximate surface area is 424 Å². The summed E-state index contributed by atoms with van der Waals surface area (Å²) in [6.45, 7) is 4.91. The Morgan fingerprint density at radius 2 is 0.794 bits per heavy atom. The van der Waals surface area contributed by atoms with Gasteiger partial charge in [0.1, 0.15) is 13.2 Å². The molecular formula is C59H120N2O6P+. The molecule has 8 nitrogen and oxygen atoms in total. The van der Waals surface area contributed by atoms with Gasteiger partial charge < -0.3 is 19.8 Å². The molecule has 0 aromatic rings. The molecule has 0 spiro atoms. The van der Waals surface area contributed by atoms with Crippen LogP contribution in [-0.2, 0) is 18.4 Å². The summed E-state index contributed by atoms with van der Waals surface area (Å²) in [5, 5.41) is 14.0. The Morgan fingerprint density at radius 3 is 1.13 bits per heavy atom. The number of carbonyl (C=O) groups is 1. The maximum absolute atomic E-state index is 13.0. The molecule has 1 amide bonds. The van der Waals surface area contributed by atoms with Crippen LogP contribution >= 0.6 is 7.82 Å². The molecule has 3 atom stereocenters. The molecule has 0 aliphatic rings. The smallest absolute Gasteiger partial charge is 0.391 e. The molecule has 0 bridgehead atoms. The summed E-state index contributed by atoms with van der Waals surface area (Å²) < 4.78 is 23.7. The molecule has 0 aliphatic heterocycles. The van der Waals surface area contributed by atoms with E-state index < -0.39 is 20.0 Å². The van der Waals surface area contributed by atoms with Crippen LogP contribution in [0.5, 0.6) is 0 Å². The molecule has 0 aromatic heterocycles. The summed E-state index contributed by atoms with van der Waals surface area (Å²) in [6, 6.07) is -0.755. The largest absolute Gasteiger partial charge is 0.472 e. The quantitative estimate of drug-likeness (QED) is 0.0243. The number of hydrogen-bond acceptors (Lipinski definition) is 5. The van der Waals surface area contributed by atoms with Gasteiger partial charge in [-0.1, -0.05) is 276 Å². The fraction of sp³-hybridized carbons (Fsp3) is 0.949. The number of aliphatic hydroxyl groups is 1. The second-order valence-electron chi connectivity index (χ2n) is 22.1. The number of amides is 1. The zero-order valence-electron chi connectivity index (χ0n) is 46.4. The number of nitrogens with one attached hydrogen (secondary N) is 1. The van der Waals surface area contributed by atoms with Gasteiger partial charge in [0.2, 0.25) is 5.91 Å². The number of likely N-dealkylation sites (N-methyl/N-ethyl adjacent to an activating group) is 1. The summed E-state index contributed by atoms with van der Waals surface area (Å²) >= 11 is 0. The molecule has 9 heteroatoms. The summed E-state index contributed by atoms with van der Waals surface area (Å²) in [4.78, 5) is 23.3. The summed E-state index contributed by atoms with van der Waals surface area (Å²) in [5.74, 6) is -0.139. The Balaban J connectivity index is 3.85. The summed E-state index contributed by atoms with van der Waals surface area (Å²) in [7, 11) is 1.63. The fourth-order valence-electron chi connectivity index (χ4n) is 9.28. The number of phosphoric ester groups is 1. The molecule has 0 aromatic carbocycles. The molecule has 3 unspecified atom stereocenters. The Morgan fingerprint density at radius 1 is 0.485 bits per heavy atom. The predicted octanol–water partition coefficient (Wildman–Crippen LogP) is 18.2. The molecule has 0 heterocycles. The number of quaternary nitrogens is 1. The highest BCUT2D eigenvalue weighted by atomic mass is 31.2. The van der Waals surface area contributed by atoms with E-state index in [0.29, 0.717) is 23.9 Å². The second kappa shape index (κ2) is 51.2. The maximum Gasteiger partial charge on any atom is 0.472 e. The van der Waals surface area contributed by atoms with Crippen LogP contribution in [0.4, 0.5) is 0 Å². The number of phosphoric acid groups is 1. The van der Waals surface area contributed by atoms with Gasteiger partial charge in [-0.3, -0.25) is 13.8 Å². The zero-order valence-corrected chi connectivity index (χ0v) is 47.3. The topological polar surface area (TPSA) is 105 Å². The first-order valence-electron chi connectivity index (χ1n) is 30.1. The van der Waals surface area contributed by atoms with E-state index in [9.17, 15) is 19.4 Å². The van der Waals surface area contributed by atoms with Crippen molar-refractivity contribution < 1.29 is 32.9 Å². The van der Waals surface area contributed by atoms with Gasteiger partial charge in [0.25, 0.3) is 0 Å². The van der Waals surface area contributed by atoms with E-state index in [-0.39, 0.29) is 19.1 Å². The molecule has 406 valence electrons. The van der Waals surface area contributed by atoms with Crippen molar-refractivity contribution in [1.82, 2.24) is 5.32 Å². The average molecular weight is 985 g/mol. The third-order valence-corrected chi connectivity index (χ3v) is 15.0. The second-order valence-corrected chi connectivity index (χ2v) is 23.5. The first-order valence-corrected chi connectivity index (χ1v) is 31.5. The lowest BCUT2D eigenvalue weighted by atomic mass is 10.0. The predicted molar refractivity (Wildman–Crippen MR) is 295 cm³/mol. The Hall–Kier alpha value is -0.760. The van der Waals surface area contributed by atoms with Gasteiger partial charge in [-0.05, 0) is 38.5 Å². The van der Waals surface area contributed by atoms with Gasteiger partial charge in [0, 0.05) is 6.42 Å². The van der Waals surface area contributed by atoms with Crippen molar-refractivity contribution in [3.05, 3.63) is 12.2 Å². The van der Waals surface area contributed by atoms with E-state index >= 15 is 0 Å². The summed E-state index contributed by atoms with van der Waals surface area (Å²) in [5.41, 5.74) is 0. The lowest BCUT2D eigenvalue weighted by Gasteiger charge is -2.26. The van der Waals surface area contributed by atoms with E-state index in [1.807, 2.05) is 21.1 Å². The van der Waals surface area contributed by atoms with Crippen molar-refractivity contribution in [3.8, 4) is 0 Å². The van der Waals surface area contributed by atoms with Crippen molar-refractivity contribution in [3.63, 3.8) is 0 Å². The highest BCUT2D eigenvalue weighted by molar-refractivity contribution is 7.47. The minimum Gasteiger partial charge on any atom is -0.391 e. The van der Waals surface area contributed by atoms with Gasteiger partial charge in [0.15, 0.2) is 0 Å². The van der Waals surface area contributed by atoms with Crippen molar-refractivity contribution in [2.45, 2.75) is 321 Å². The number of hydrogen-bond donors (Lipinski definition) is 3. The van der Waals surface area contributed by atoms with Crippen LogP contribution < -0.4 is 5.32 Å². The van der Waals surface area contributed by atoms with Crippen LogP contribution in [0.3, 0.4) is 0 Å². The minimum absolute atomic E-state index is 0.0779. The monoisotopic (exact) mass is 984 g/mol. The molecule has 0 radical (unpaired) electrons. The van der Waals surface area contributed by atoms with Gasteiger partial charge in [-0.2, -0.15) is 0 Å². The van der Waals surface area contributed by atoms with E-state index in [1.54, 1.807) is 0 Å². The SMILES string of the molecule is CCCCCCCCCC/C=C\CCCCCCCCCCCCCCCCCCCCCCCCCC(=O)NC(COP(=O)(O)OCC[N+](C)(C)C)C(O)CCCCCCCCCCCCC. The third kappa shape index (κ3) is 53.0. The van der Waals surface area contributed by atoms with Crippen LogP contribution in [-0.4, -0.2) is 73.4 Å². The normalized spacial score (nSPS) is 13.9. The van der Waals surface area contributed by atoms with Crippen molar-refractivity contribution in [1.29, 1.82) is 0 Å². The molecule has 3 N–H and O–H groups in total. The highest BCUT2D eigenvalue weighted by Gasteiger charge is 2.28. The Kier molecular flexibility index (Phi) is 50.6. The number of unbranched alkanes of at least 4 members (excludes halogenated alkanes) is 41. The van der Waals surface area contributed by atoms with Crippen LogP contribution in [0, 0.1) is 0 Å². The maximum atomic E-state index is 13.0. The molecule has 0 fully saturated rings. The molecule has 0 aliphatic carbocycles. The minimum atomic E-state index is -4.31. The standard InChI is InChI=1S/C59H119N2O6P/c1-6-8-10-12-14-16-18-19-20-21-22-23-24-25-26-27-28-29-30-31-32-33-34-35-36-37-38-39-40-41-43-45-47-49-51-53-59(63)60-57(56-67-68(64,65)66-55-54-61(3,4)5)58(62)52-50-48-46-44-42-17-15-13-11-9-7-2/h21-22,57-58,62H,6-20,23-56H2,1-5H3,(H-,60,63,64,65)/p+1/b22-21-. The number of rotatable bonds is 56. The lowest BCUT2D eigenvalue weighted by molar-refractivity contribution is -0.870. The zero-order chi connectivity index (χ0) is 49.9. The van der Waals surface area contributed by atoms with Gasteiger partial charge in [-0.15, -0.1) is 0 Å². The van der Waals surface area contributed by atoms with E-state index in [2.05, 4.69) is 31.3 Å². The van der Waals surface area contributed by atoms with Crippen molar-refractivity contribution >= 4 is 13.7 Å². The third-order valence-electron chi connectivity index (χ3n) is 14.0. The number of aliphatic hydroxyl groups excluding tert-OH is 1. The average Bonchev–Trinajstić information content (AvgIpc) is 3.30. The number of allylic oxidation sites excluding steroid dienone is 2.